The van der Waals surface area contributed by atoms with Crippen LogP contribution in [0, 0.1) is 0 Å². The zero-order valence-corrected chi connectivity index (χ0v) is 8.64. The Labute approximate surface area is 92.8 Å². The number of carbonyl (C=O) groups is 1. The van der Waals surface area contributed by atoms with Crippen LogP contribution in [0.25, 0.3) is 16.3 Å². The molecule has 6 nitrogen and oxygen atoms in total. The van der Waals surface area contributed by atoms with Gasteiger partial charge in [-0.3, -0.25) is 4.40 Å². The number of aromatic carboxylic acids is 1. The van der Waals surface area contributed by atoms with Gasteiger partial charge in [-0.15, -0.1) is 11.3 Å². The number of carboxylic acid groups (broad SMARTS) is 1. The second-order valence-electron chi connectivity index (χ2n) is 3.10. The van der Waals surface area contributed by atoms with E-state index in [2.05, 4.69) is 14.7 Å². The Morgan fingerprint density at radius 3 is 3.06 bits per heavy atom. The van der Waals surface area contributed by atoms with Crippen LogP contribution >= 0.6 is 11.3 Å². The maximum atomic E-state index is 10.6. The van der Waals surface area contributed by atoms with Gasteiger partial charge in [0.2, 0.25) is 5.76 Å². The van der Waals surface area contributed by atoms with Gasteiger partial charge in [0, 0.05) is 23.8 Å². The fourth-order valence-corrected chi connectivity index (χ4v) is 2.05. The van der Waals surface area contributed by atoms with Crippen LogP contribution in [0.5, 0.6) is 0 Å². The fraction of sp³-hybridized carbons (Fsp3) is 0. The van der Waals surface area contributed by atoms with E-state index in [0.717, 1.165) is 4.96 Å². The van der Waals surface area contributed by atoms with E-state index in [1.165, 1.54) is 17.4 Å². The molecule has 0 aromatic carbocycles. The van der Waals surface area contributed by atoms with Crippen LogP contribution in [-0.2, 0) is 0 Å². The van der Waals surface area contributed by atoms with Gasteiger partial charge in [-0.2, -0.15) is 0 Å². The van der Waals surface area contributed by atoms with Crippen molar-refractivity contribution in [3.63, 3.8) is 0 Å². The molecule has 3 heterocycles. The maximum absolute atomic E-state index is 10.6. The quantitative estimate of drug-likeness (QED) is 0.731. The third-order valence-electron chi connectivity index (χ3n) is 2.08. The molecule has 0 spiro atoms. The van der Waals surface area contributed by atoms with E-state index in [9.17, 15) is 4.79 Å². The lowest BCUT2D eigenvalue weighted by atomic mass is 10.3. The molecule has 0 saturated heterocycles. The van der Waals surface area contributed by atoms with Gasteiger partial charge in [-0.1, -0.05) is 5.16 Å². The van der Waals surface area contributed by atoms with Crippen LogP contribution in [0.4, 0.5) is 0 Å². The Kier molecular flexibility index (Phi) is 1.80. The first-order chi connectivity index (χ1) is 7.74. The Morgan fingerprint density at radius 1 is 1.50 bits per heavy atom. The molecular formula is C9H5N3O3S. The van der Waals surface area contributed by atoms with E-state index in [-0.39, 0.29) is 5.76 Å². The van der Waals surface area contributed by atoms with E-state index in [0.29, 0.717) is 11.4 Å². The number of imidazole rings is 1. The van der Waals surface area contributed by atoms with Gasteiger partial charge in [0.15, 0.2) is 4.96 Å². The predicted molar refractivity (Wildman–Crippen MR) is 55.5 cm³/mol. The Hall–Kier alpha value is -2.15. The summed E-state index contributed by atoms with van der Waals surface area (Å²) in [6.07, 6.45) is 3.64. The van der Waals surface area contributed by atoms with Crippen LogP contribution in [0.15, 0.2) is 28.4 Å². The summed E-state index contributed by atoms with van der Waals surface area (Å²) in [6, 6.07) is 1.36. The third kappa shape index (κ3) is 1.29. The minimum Gasteiger partial charge on any atom is -0.475 e. The number of hydrogen-bond acceptors (Lipinski definition) is 5. The van der Waals surface area contributed by atoms with Crippen molar-refractivity contribution in [1.29, 1.82) is 0 Å². The van der Waals surface area contributed by atoms with Gasteiger partial charge in [0.1, 0.15) is 11.4 Å². The zero-order valence-electron chi connectivity index (χ0n) is 7.82. The summed E-state index contributed by atoms with van der Waals surface area (Å²) in [6.45, 7) is 0. The molecule has 16 heavy (non-hydrogen) atoms. The second-order valence-corrected chi connectivity index (χ2v) is 3.97. The summed E-state index contributed by atoms with van der Waals surface area (Å²) in [7, 11) is 0. The average molecular weight is 235 g/mol. The molecule has 0 aliphatic carbocycles. The van der Waals surface area contributed by atoms with Crippen molar-refractivity contribution < 1.29 is 14.4 Å². The largest absolute Gasteiger partial charge is 0.475 e. The first kappa shape index (κ1) is 9.10. The molecule has 3 aromatic rings. The van der Waals surface area contributed by atoms with Crippen molar-refractivity contribution >= 4 is 22.3 Å². The number of aromatic nitrogens is 3. The highest BCUT2D eigenvalue weighted by atomic mass is 32.1. The molecular weight excluding hydrogens is 230 g/mol. The normalized spacial score (nSPS) is 11.0. The molecule has 0 aliphatic rings. The third-order valence-corrected chi connectivity index (χ3v) is 2.85. The standard InChI is InChI=1S/C9H5N3O3S/c13-8(14)7-3-5(11-15-7)6-4-12-1-2-16-9(12)10-6/h1-4H,(H,13,14). The Morgan fingerprint density at radius 2 is 2.38 bits per heavy atom. The van der Waals surface area contributed by atoms with E-state index < -0.39 is 5.97 Å². The molecule has 1 N–H and O–H groups in total. The minimum absolute atomic E-state index is 0.189. The van der Waals surface area contributed by atoms with E-state index >= 15 is 0 Å². The lowest BCUT2D eigenvalue weighted by Gasteiger charge is -1.82. The van der Waals surface area contributed by atoms with E-state index in [4.69, 9.17) is 5.11 Å². The van der Waals surface area contributed by atoms with Crippen molar-refractivity contribution in [2.75, 3.05) is 0 Å². The van der Waals surface area contributed by atoms with Crippen LogP contribution in [0.1, 0.15) is 10.6 Å². The molecule has 0 bridgehead atoms. The summed E-state index contributed by atoms with van der Waals surface area (Å²) in [4.78, 5) is 15.7. The lowest BCUT2D eigenvalue weighted by molar-refractivity contribution is 0.0652. The lowest BCUT2D eigenvalue weighted by Crippen LogP contribution is -1.91. The zero-order chi connectivity index (χ0) is 11.1. The Balaban J connectivity index is 2.08. The second kappa shape index (κ2) is 3.17. The van der Waals surface area contributed by atoms with Gasteiger partial charge in [0.05, 0.1) is 0 Å². The monoisotopic (exact) mass is 235 g/mol. The number of carboxylic acids is 1. The topological polar surface area (TPSA) is 80.6 Å². The number of hydrogen-bond donors (Lipinski definition) is 1. The van der Waals surface area contributed by atoms with Crippen LogP contribution in [0.2, 0.25) is 0 Å². The van der Waals surface area contributed by atoms with Crippen molar-refractivity contribution in [3.05, 3.63) is 29.6 Å². The molecule has 80 valence electrons. The average Bonchev–Trinajstić information content (AvgIpc) is 2.91. The van der Waals surface area contributed by atoms with Crippen molar-refractivity contribution in [2.45, 2.75) is 0 Å². The summed E-state index contributed by atoms with van der Waals surface area (Å²) < 4.78 is 6.50. The first-order valence-electron chi connectivity index (χ1n) is 4.36. The van der Waals surface area contributed by atoms with Gasteiger partial charge >= 0.3 is 5.97 Å². The molecule has 0 amide bonds. The minimum atomic E-state index is -1.14. The summed E-state index contributed by atoms with van der Waals surface area (Å²) in [5, 5.41) is 14.3. The highest BCUT2D eigenvalue weighted by molar-refractivity contribution is 7.15. The number of nitrogens with zero attached hydrogens (tertiary/aromatic N) is 3. The van der Waals surface area contributed by atoms with E-state index in [1.54, 1.807) is 6.20 Å². The van der Waals surface area contributed by atoms with Crippen molar-refractivity contribution in [3.8, 4) is 11.4 Å². The number of rotatable bonds is 2. The van der Waals surface area contributed by atoms with Crippen molar-refractivity contribution in [2.24, 2.45) is 0 Å². The summed E-state index contributed by atoms with van der Waals surface area (Å²) >= 11 is 1.49. The van der Waals surface area contributed by atoms with Crippen LogP contribution in [0.3, 0.4) is 0 Å². The highest BCUT2D eigenvalue weighted by Gasteiger charge is 2.14. The number of fused-ring (bicyclic) bond motifs is 1. The first-order valence-corrected chi connectivity index (χ1v) is 5.24. The van der Waals surface area contributed by atoms with E-state index in [1.807, 2.05) is 16.0 Å². The molecule has 0 unspecified atom stereocenters. The fourth-order valence-electron chi connectivity index (χ4n) is 1.35. The van der Waals surface area contributed by atoms with Crippen molar-refractivity contribution in [1.82, 2.24) is 14.5 Å². The predicted octanol–water partition coefficient (Wildman–Crippen LogP) is 1.75. The van der Waals surface area contributed by atoms with Crippen LogP contribution in [-0.4, -0.2) is 25.6 Å². The van der Waals surface area contributed by atoms with Gasteiger partial charge in [0.25, 0.3) is 0 Å². The number of thiazole rings is 1. The molecule has 0 aliphatic heterocycles. The van der Waals surface area contributed by atoms with Crippen LogP contribution < -0.4 is 0 Å². The smallest absolute Gasteiger partial charge is 0.374 e. The summed E-state index contributed by atoms with van der Waals surface area (Å²) in [5.74, 6) is -1.33. The molecule has 0 radical (unpaired) electrons. The SMILES string of the molecule is O=C(O)c1cc(-c2cn3ccsc3n2)no1. The van der Waals surface area contributed by atoms with Gasteiger partial charge < -0.3 is 9.63 Å². The summed E-state index contributed by atoms with van der Waals surface area (Å²) in [5.41, 5.74) is 1.02. The Bertz CT molecular complexity index is 638. The highest BCUT2D eigenvalue weighted by Crippen LogP contribution is 2.21. The molecule has 3 aromatic heterocycles. The maximum Gasteiger partial charge on any atom is 0.374 e. The molecule has 0 atom stereocenters. The van der Waals surface area contributed by atoms with Gasteiger partial charge in [-0.25, -0.2) is 9.78 Å². The molecule has 3 rings (SSSR count). The molecule has 0 saturated carbocycles. The molecule has 0 fully saturated rings. The van der Waals surface area contributed by atoms with Gasteiger partial charge in [-0.05, 0) is 0 Å². The molecule has 7 heteroatoms.